The summed E-state index contributed by atoms with van der Waals surface area (Å²) in [5.74, 6) is -0.478. The standard InChI is InChI=1S/C20H15BrClN5O2/c1-11-6-12(9-23)7-14(19(28)24-2)17(11)26-20(29)16-8-13(21)10-27(16)18-15(22)4-3-5-25-18/h3-8,10H,1-2H3,(H,24,28)(H,26,29). The van der Waals surface area contributed by atoms with Crippen LogP contribution in [0.2, 0.25) is 5.02 Å². The largest absolute Gasteiger partial charge is 0.355 e. The summed E-state index contributed by atoms with van der Waals surface area (Å²) in [6.07, 6.45) is 3.25. The van der Waals surface area contributed by atoms with Gasteiger partial charge < -0.3 is 10.6 Å². The number of aryl methyl sites for hydroxylation is 1. The van der Waals surface area contributed by atoms with Gasteiger partial charge in [-0.15, -0.1) is 0 Å². The highest BCUT2D eigenvalue weighted by molar-refractivity contribution is 9.10. The molecule has 2 N–H and O–H groups in total. The molecule has 1 aromatic carbocycles. The number of nitrogens with zero attached hydrogens (tertiary/aromatic N) is 3. The van der Waals surface area contributed by atoms with Gasteiger partial charge in [-0.05, 0) is 58.7 Å². The Morgan fingerprint density at radius 1 is 1.28 bits per heavy atom. The number of nitriles is 1. The van der Waals surface area contributed by atoms with E-state index < -0.39 is 11.8 Å². The van der Waals surface area contributed by atoms with Crippen molar-refractivity contribution in [2.45, 2.75) is 6.92 Å². The van der Waals surface area contributed by atoms with E-state index in [1.54, 1.807) is 48.1 Å². The molecule has 0 unspecified atom stereocenters. The normalized spacial score (nSPS) is 10.3. The molecule has 0 aliphatic carbocycles. The molecule has 3 rings (SSSR count). The summed E-state index contributed by atoms with van der Waals surface area (Å²) in [6, 6.07) is 10.0. The van der Waals surface area contributed by atoms with Gasteiger partial charge in [0.15, 0.2) is 5.82 Å². The molecule has 2 heterocycles. The van der Waals surface area contributed by atoms with Gasteiger partial charge in [-0.25, -0.2) is 4.98 Å². The van der Waals surface area contributed by atoms with Gasteiger partial charge in [-0.1, -0.05) is 11.6 Å². The van der Waals surface area contributed by atoms with Crippen LogP contribution in [0.4, 0.5) is 5.69 Å². The number of carbonyl (C=O) groups is 2. The number of benzene rings is 1. The molecule has 146 valence electrons. The third-order valence-corrected chi connectivity index (χ3v) is 4.89. The van der Waals surface area contributed by atoms with Crippen LogP contribution >= 0.6 is 27.5 Å². The number of hydrogen-bond donors (Lipinski definition) is 2. The van der Waals surface area contributed by atoms with Crippen molar-refractivity contribution in [2.75, 3.05) is 12.4 Å². The molecule has 0 aliphatic rings. The van der Waals surface area contributed by atoms with Crippen LogP contribution in [-0.2, 0) is 0 Å². The quantitative estimate of drug-likeness (QED) is 0.597. The molecule has 2 aromatic heterocycles. The van der Waals surface area contributed by atoms with Crippen molar-refractivity contribution >= 4 is 45.0 Å². The lowest BCUT2D eigenvalue weighted by Gasteiger charge is -2.15. The van der Waals surface area contributed by atoms with E-state index in [-0.39, 0.29) is 11.3 Å². The fourth-order valence-electron chi connectivity index (χ4n) is 2.84. The van der Waals surface area contributed by atoms with Crippen LogP contribution in [-0.4, -0.2) is 28.4 Å². The lowest BCUT2D eigenvalue weighted by Crippen LogP contribution is -2.23. The van der Waals surface area contributed by atoms with Crippen LogP contribution in [0, 0.1) is 18.3 Å². The van der Waals surface area contributed by atoms with E-state index in [0.29, 0.717) is 32.1 Å². The van der Waals surface area contributed by atoms with Crippen molar-refractivity contribution in [2.24, 2.45) is 0 Å². The molecule has 7 nitrogen and oxygen atoms in total. The van der Waals surface area contributed by atoms with Crippen LogP contribution < -0.4 is 10.6 Å². The zero-order valence-electron chi connectivity index (χ0n) is 15.5. The van der Waals surface area contributed by atoms with Gasteiger partial charge in [-0.3, -0.25) is 14.2 Å². The predicted octanol–water partition coefficient (Wildman–Crippen LogP) is 4.08. The summed E-state index contributed by atoms with van der Waals surface area (Å²) in [5, 5.41) is 14.9. The molecular weight excluding hydrogens is 458 g/mol. The summed E-state index contributed by atoms with van der Waals surface area (Å²) in [6.45, 7) is 1.72. The smallest absolute Gasteiger partial charge is 0.272 e. The first-order valence-corrected chi connectivity index (χ1v) is 9.59. The van der Waals surface area contributed by atoms with Gasteiger partial charge in [0.1, 0.15) is 5.69 Å². The van der Waals surface area contributed by atoms with Gasteiger partial charge in [0.05, 0.1) is 27.9 Å². The summed E-state index contributed by atoms with van der Waals surface area (Å²) in [4.78, 5) is 29.6. The molecule has 0 aliphatic heterocycles. The van der Waals surface area contributed by atoms with Gasteiger partial charge in [0.25, 0.3) is 11.8 Å². The van der Waals surface area contributed by atoms with Crippen LogP contribution in [0.15, 0.2) is 47.2 Å². The number of carbonyl (C=O) groups excluding carboxylic acids is 2. The molecule has 0 spiro atoms. The highest BCUT2D eigenvalue weighted by atomic mass is 79.9. The molecule has 0 atom stereocenters. The van der Waals surface area contributed by atoms with Crippen LogP contribution in [0.5, 0.6) is 0 Å². The highest BCUT2D eigenvalue weighted by Crippen LogP contribution is 2.27. The Labute approximate surface area is 180 Å². The maximum Gasteiger partial charge on any atom is 0.272 e. The average molecular weight is 473 g/mol. The first-order valence-electron chi connectivity index (χ1n) is 8.42. The lowest BCUT2D eigenvalue weighted by atomic mass is 10.0. The molecule has 0 saturated heterocycles. The second-order valence-corrected chi connectivity index (χ2v) is 7.41. The highest BCUT2D eigenvalue weighted by Gasteiger charge is 2.21. The Morgan fingerprint density at radius 2 is 2.03 bits per heavy atom. The van der Waals surface area contributed by atoms with Crippen LogP contribution in [0.25, 0.3) is 5.82 Å². The number of anilines is 1. The molecule has 0 saturated carbocycles. The first-order chi connectivity index (χ1) is 13.8. The lowest BCUT2D eigenvalue weighted by molar-refractivity contribution is 0.0964. The number of pyridine rings is 1. The molecule has 0 radical (unpaired) electrons. The summed E-state index contributed by atoms with van der Waals surface area (Å²) >= 11 is 9.60. The molecule has 3 aromatic rings. The maximum atomic E-state index is 13.1. The van der Waals surface area contributed by atoms with Crippen LogP contribution in [0.1, 0.15) is 32.0 Å². The summed E-state index contributed by atoms with van der Waals surface area (Å²) in [5.41, 5.74) is 1.70. The predicted molar refractivity (Wildman–Crippen MR) is 114 cm³/mol. The average Bonchev–Trinajstić information content (AvgIpc) is 3.10. The topological polar surface area (TPSA) is 99.8 Å². The molecular formula is C20H15BrClN5O2. The number of halogens is 2. The monoisotopic (exact) mass is 471 g/mol. The molecule has 29 heavy (non-hydrogen) atoms. The van der Waals surface area contributed by atoms with Crippen molar-refractivity contribution in [3.8, 4) is 11.9 Å². The zero-order chi connectivity index (χ0) is 21.1. The fraction of sp³-hybridized carbons (Fsp3) is 0.100. The van der Waals surface area contributed by atoms with E-state index in [1.165, 1.54) is 13.1 Å². The van der Waals surface area contributed by atoms with Crippen LogP contribution in [0.3, 0.4) is 0 Å². The van der Waals surface area contributed by atoms with Gasteiger partial charge >= 0.3 is 0 Å². The SMILES string of the molecule is CNC(=O)c1cc(C#N)cc(C)c1NC(=O)c1cc(Br)cn1-c1ncccc1Cl. The van der Waals surface area contributed by atoms with Crippen molar-refractivity contribution in [1.29, 1.82) is 5.26 Å². The van der Waals surface area contributed by atoms with Crippen molar-refractivity contribution in [3.05, 3.63) is 74.6 Å². The Bertz CT molecular complexity index is 1170. The molecule has 0 bridgehead atoms. The number of aromatic nitrogens is 2. The molecule has 2 amide bonds. The Kier molecular flexibility index (Phi) is 6.01. The zero-order valence-corrected chi connectivity index (χ0v) is 17.8. The van der Waals surface area contributed by atoms with Crippen molar-refractivity contribution in [3.63, 3.8) is 0 Å². The Morgan fingerprint density at radius 3 is 2.69 bits per heavy atom. The number of nitrogens with one attached hydrogen (secondary N) is 2. The Balaban J connectivity index is 2.06. The number of amides is 2. The third kappa shape index (κ3) is 4.16. The minimum absolute atomic E-state index is 0.199. The Hall–Kier alpha value is -3.15. The second-order valence-electron chi connectivity index (χ2n) is 6.08. The second kappa shape index (κ2) is 8.47. The van der Waals surface area contributed by atoms with Crippen molar-refractivity contribution < 1.29 is 9.59 Å². The van der Waals surface area contributed by atoms with Gasteiger partial charge in [0.2, 0.25) is 0 Å². The molecule has 9 heteroatoms. The molecule has 0 fully saturated rings. The maximum absolute atomic E-state index is 13.1. The minimum atomic E-state index is -0.463. The first kappa shape index (κ1) is 20.6. The minimum Gasteiger partial charge on any atom is -0.355 e. The third-order valence-electron chi connectivity index (χ3n) is 4.16. The number of hydrogen-bond acceptors (Lipinski definition) is 4. The van der Waals surface area contributed by atoms with E-state index >= 15 is 0 Å². The fourth-order valence-corrected chi connectivity index (χ4v) is 3.48. The van der Waals surface area contributed by atoms with E-state index in [0.717, 1.165) is 0 Å². The summed E-state index contributed by atoms with van der Waals surface area (Å²) in [7, 11) is 1.48. The van der Waals surface area contributed by atoms with E-state index in [2.05, 4.69) is 31.5 Å². The summed E-state index contributed by atoms with van der Waals surface area (Å²) < 4.78 is 2.22. The van der Waals surface area contributed by atoms with E-state index in [9.17, 15) is 14.9 Å². The number of rotatable bonds is 4. The van der Waals surface area contributed by atoms with E-state index in [4.69, 9.17) is 11.6 Å². The van der Waals surface area contributed by atoms with Crippen molar-refractivity contribution in [1.82, 2.24) is 14.9 Å². The van der Waals surface area contributed by atoms with E-state index in [1.807, 2.05) is 6.07 Å². The van der Waals surface area contributed by atoms with Gasteiger partial charge in [0, 0.05) is 23.9 Å². The van der Waals surface area contributed by atoms with Gasteiger partial charge in [-0.2, -0.15) is 5.26 Å².